The second-order valence-corrected chi connectivity index (χ2v) is 8.75. The highest BCUT2D eigenvalue weighted by Crippen LogP contribution is 2.24. The van der Waals surface area contributed by atoms with Gasteiger partial charge in [0.25, 0.3) is 0 Å². The first kappa shape index (κ1) is 17.0. The fraction of sp³-hybridized carbons (Fsp3) is 0.0870. The van der Waals surface area contributed by atoms with E-state index in [1.165, 1.54) is 16.2 Å². The van der Waals surface area contributed by atoms with E-state index >= 15 is 0 Å². The van der Waals surface area contributed by atoms with Gasteiger partial charge in [-0.05, 0) is 51.2 Å². The Morgan fingerprint density at radius 1 is 1.04 bits per heavy atom. The molecule has 0 unspecified atom stereocenters. The Balaban J connectivity index is 1.57. The number of sulfonamides is 1. The maximum absolute atomic E-state index is 12.6. The van der Waals surface area contributed by atoms with Gasteiger partial charge in [-0.2, -0.15) is 0 Å². The third-order valence-electron chi connectivity index (χ3n) is 5.18. The number of hydrogen-bond donors (Lipinski definition) is 1. The zero-order valence-electron chi connectivity index (χ0n) is 15.1. The molecule has 3 aromatic rings. The minimum Gasteiger partial charge on any atom is -0.283 e. The lowest BCUT2D eigenvalue weighted by Crippen LogP contribution is -2.27. The van der Waals surface area contributed by atoms with Gasteiger partial charge < -0.3 is 0 Å². The van der Waals surface area contributed by atoms with Crippen LogP contribution >= 0.6 is 0 Å². The van der Waals surface area contributed by atoms with E-state index in [4.69, 9.17) is 0 Å². The first-order valence-electron chi connectivity index (χ1n) is 9.14. The van der Waals surface area contributed by atoms with E-state index in [0.29, 0.717) is 11.3 Å². The molecule has 0 bridgehead atoms. The molecule has 4 nitrogen and oxygen atoms in total. The van der Waals surface area contributed by atoms with Crippen LogP contribution < -0.4 is 15.2 Å². The Labute approximate surface area is 163 Å². The zero-order chi connectivity index (χ0) is 19.1. The number of nitrogens with one attached hydrogen (secondary N) is 1. The third-order valence-corrected chi connectivity index (χ3v) is 6.42. The molecule has 0 aliphatic heterocycles. The van der Waals surface area contributed by atoms with Gasteiger partial charge in [-0.15, -0.1) is 0 Å². The number of aromatic nitrogens is 1. The minimum absolute atomic E-state index is 0.100. The van der Waals surface area contributed by atoms with E-state index < -0.39 is 10.0 Å². The summed E-state index contributed by atoms with van der Waals surface area (Å²) in [6.07, 6.45) is 14.3. The summed E-state index contributed by atoms with van der Waals surface area (Å²) >= 11 is 0. The van der Waals surface area contributed by atoms with E-state index in [2.05, 4.69) is 46.1 Å². The molecule has 1 N–H and O–H groups in total. The van der Waals surface area contributed by atoms with E-state index in [1.807, 2.05) is 18.2 Å². The highest BCUT2D eigenvalue weighted by atomic mass is 32.2. The fourth-order valence-electron chi connectivity index (χ4n) is 3.92. The van der Waals surface area contributed by atoms with Crippen LogP contribution in [0.15, 0.2) is 67.0 Å². The first-order chi connectivity index (χ1) is 13.6. The number of hydrogen-bond acceptors (Lipinski definition) is 3. The summed E-state index contributed by atoms with van der Waals surface area (Å²) in [6, 6.07) is 11.9. The lowest BCUT2D eigenvalue weighted by Gasteiger charge is -2.11. The number of pyridine rings is 1. The Hall–Kier alpha value is -3.18. The number of fused-ring (bicyclic) bond motifs is 5. The topological polar surface area (TPSA) is 59.1 Å². The van der Waals surface area contributed by atoms with Gasteiger partial charge in [-0.3, -0.25) is 9.71 Å². The van der Waals surface area contributed by atoms with Gasteiger partial charge in [0.05, 0.1) is 11.4 Å². The molecule has 0 radical (unpaired) electrons. The Morgan fingerprint density at radius 3 is 2.79 bits per heavy atom. The van der Waals surface area contributed by atoms with Crippen molar-refractivity contribution in [3.05, 3.63) is 94.1 Å². The van der Waals surface area contributed by atoms with Crippen molar-refractivity contribution in [1.29, 1.82) is 0 Å². The summed E-state index contributed by atoms with van der Waals surface area (Å²) in [4.78, 5) is 3.99. The zero-order valence-corrected chi connectivity index (χ0v) is 15.9. The van der Waals surface area contributed by atoms with Crippen LogP contribution in [-0.4, -0.2) is 13.4 Å². The molecule has 2 aromatic carbocycles. The molecule has 0 fully saturated rings. The smallest absolute Gasteiger partial charge is 0.236 e. The predicted molar refractivity (Wildman–Crippen MR) is 113 cm³/mol. The van der Waals surface area contributed by atoms with Crippen LogP contribution in [0.25, 0.3) is 28.6 Å². The molecule has 5 rings (SSSR count). The molecule has 0 saturated heterocycles. The van der Waals surface area contributed by atoms with Crippen LogP contribution in [0.4, 0.5) is 0 Å². The van der Waals surface area contributed by atoms with Crippen LogP contribution in [0, 0.1) is 0 Å². The van der Waals surface area contributed by atoms with Gasteiger partial charge in [0.15, 0.2) is 0 Å². The van der Waals surface area contributed by atoms with Crippen LogP contribution in [0.3, 0.4) is 0 Å². The highest BCUT2D eigenvalue weighted by Gasteiger charge is 2.17. The summed E-state index contributed by atoms with van der Waals surface area (Å²) in [6.45, 7) is 0. The lowest BCUT2D eigenvalue weighted by molar-refractivity contribution is 0.590. The average Bonchev–Trinajstić information content (AvgIpc) is 3.10. The van der Waals surface area contributed by atoms with Gasteiger partial charge >= 0.3 is 0 Å². The van der Waals surface area contributed by atoms with E-state index in [0.717, 1.165) is 22.6 Å². The molecule has 0 atom stereocenters. The first-order valence-corrected chi connectivity index (χ1v) is 10.8. The number of nitrogens with zero attached hydrogens (tertiary/aromatic N) is 1. The van der Waals surface area contributed by atoms with Crippen molar-refractivity contribution in [3.63, 3.8) is 0 Å². The Bertz CT molecular complexity index is 1390. The lowest BCUT2D eigenvalue weighted by atomic mass is 9.94. The van der Waals surface area contributed by atoms with Crippen LogP contribution in [0.2, 0.25) is 0 Å². The molecule has 28 heavy (non-hydrogen) atoms. The Kier molecular flexibility index (Phi) is 3.91. The summed E-state index contributed by atoms with van der Waals surface area (Å²) < 4.78 is 28.0. The van der Waals surface area contributed by atoms with Crippen LogP contribution in [0.1, 0.15) is 16.7 Å². The third kappa shape index (κ3) is 2.94. The molecule has 0 saturated carbocycles. The van der Waals surface area contributed by atoms with E-state index in [9.17, 15) is 8.42 Å². The monoisotopic (exact) mass is 386 g/mol. The normalized spacial score (nSPS) is 14.6. The molecule has 138 valence electrons. The summed E-state index contributed by atoms with van der Waals surface area (Å²) in [5.41, 5.74) is 3.66. The van der Waals surface area contributed by atoms with Crippen molar-refractivity contribution >= 4 is 38.6 Å². The molecule has 1 aromatic heterocycles. The van der Waals surface area contributed by atoms with Crippen molar-refractivity contribution in [1.82, 2.24) is 9.71 Å². The molecule has 1 heterocycles. The van der Waals surface area contributed by atoms with Crippen molar-refractivity contribution in [2.75, 3.05) is 0 Å². The van der Waals surface area contributed by atoms with E-state index in [1.54, 1.807) is 24.5 Å². The quantitative estimate of drug-likeness (QED) is 0.749. The summed E-state index contributed by atoms with van der Waals surface area (Å²) in [5.74, 6) is -0.100. The maximum atomic E-state index is 12.6. The van der Waals surface area contributed by atoms with Crippen LogP contribution in [0.5, 0.6) is 0 Å². The van der Waals surface area contributed by atoms with Crippen molar-refractivity contribution in [3.8, 4) is 0 Å². The van der Waals surface area contributed by atoms with Crippen LogP contribution in [-0.2, 0) is 22.2 Å². The molecule has 5 heteroatoms. The van der Waals surface area contributed by atoms with Gasteiger partial charge in [0, 0.05) is 17.6 Å². The van der Waals surface area contributed by atoms with Gasteiger partial charge in [0.1, 0.15) is 0 Å². The molecule has 2 aliphatic rings. The van der Waals surface area contributed by atoms with Crippen molar-refractivity contribution < 1.29 is 8.42 Å². The molecule has 0 amide bonds. The molecule has 2 aliphatic carbocycles. The Morgan fingerprint density at radius 2 is 1.93 bits per heavy atom. The van der Waals surface area contributed by atoms with E-state index in [-0.39, 0.29) is 5.75 Å². The van der Waals surface area contributed by atoms with Crippen molar-refractivity contribution in [2.24, 2.45) is 0 Å². The average molecular weight is 386 g/mol. The number of allylic oxidation sites excluding steroid dienone is 2. The van der Waals surface area contributed by atoms with Crippen molar-refractivity contribution in [2.45, 2.75) is 12.2 Å². The molecular formula is C23H18N2O2S. The molecule has 0 spiro atoms. The number of rotatable bonds is 4. The molecular weight excluding hydrogens is 368 g/mol. The minimum atomic E-state index is -3.52. The standard InChI is InChI=1S/C23H18N2O2S/c26-28(27,15-16-4-3-13-24-14-16)25-23-12-11-21-20-8-7-17-5-1-2-6-18(17)19(20)9-10-22(21)23/h1-5,7-14,25H,6,15H2. The van der Waals surface area contributed by atoms with Gasteiger partial charge in [-0.25, -0.2) is 8.42 Å². The second kappa shape index (κ2) is 6.46. The largest absolute Gasteiger partial charge is 0.283 e. The summed E-state index contributed by atoms with van der Waals surface area (Å²) in [7, 11) is -3.52. The highest BCUT2D eigenvalue weighted by molar-refractivity contribution is 7.89. The fourth-order valence-corrected chi connectivity index (χ4v) is 5.11. The predicted octanol–water partition coefficient (Wildman–Crippen LogP) is 2.38. The van der Waals surface area contributed by atoms with Gasteiger partial charge in [0.2, 0.25) is 10.0 Å². The SMILES string of the molecule is O=S(=O)(Cc1cccnc1)NC1=c2ccc3c4c(ccc3c2C=C1)=CC=CC4. The maximum Gasteiger partial charge on any atom is 0.236 e. The summed E-state index contributed by atoms with van der Waals surface area (Å²) in [5, 5.41) is 4.54. The number of benzene rings is 2. The van der Waals surface area contributed by atoms with Gasteiger partial charge in [-0.1, -0.05) is 54.6 Å². The second-order valence-electron chi connectivity index (χ2n) is 7.02.